The monoisotopic (exact) mass is 411 g/mol. The molecule has 0 atom stereocenters. The predicted octanol–water partition coefficient (Wildman–Crippen LogP) is 5.47. The highest BCUT2D eigenvalue weighted by Crippen LogP contribution is 2.28. The number of hydrogen-bond donors (Lipinski definition) is 0. The van der Waals surface area contributed by atoms with Crippen LogP contribution in [0.3, 0.4) is 0 Å². The molecule has 0 radical (unpaired) electrons. The van der Waals surface area contributed by atoms with Crippen molar-refractivity contribution in [1.82, 2.24) is 4.90 Å². The van der Waals surface area contributed by atoms with Gasteiger partial charge in [0.2, 0.25) is 0 Å². The summed E-state index contributed by atoms with van der Waals surface area (Å²) in [6, 6.07) is 13.6. The van der Waals surface area contributed by atoms with Crippen LogP contribution >= 0.6 is 0 Å². The summed E-state index contributed by atoms with van der Waals surface area (Å²) in [4.78, 5) is 15.4. The first-order valence-corrected chi connectivity index (χ1v) is 10.8. The second-order valence-electron chi connectivity index (χ2n) is 8.09. The van der Waals surface area contributed by atoms with Crippen molar-refractivity contribution in [3.63, 3.8) is 0 Å². The van der Waals surface area contributed by atoms with E-state index in [0.29, 0.717) is 24.0 Å². The molecule has 162 valence electrons. The Labute approximate surface area is 179 Å². The number of carbonyl (C=O) groups is 1. The Kier molecular flexibility index (Phi) is 7.61. The van der Waals surface area contributed by atoms with Crippen LogP contribution < -0.4 is 14.2 Å². The summed E-state index contributed by atoms with van der Waals surface area (Å²) < 4.78 is 16.7. The molecular formula is C25H33NO4. The van der Waals surface area contributed by atoms with Crippen LogP contribution in [0.1, 0.15) is 61.9 Å². The molecule has 0 saturated heterocycles. The molecule has 5 heteroatoms. The number of hydrogen-bond acceptors (Lipinski definition) is 4. The first-order valence-electron chi connectivity index (χ1n) is 10.8. The van der Waals surface area contributed by atoms with Crippen molar-refractivity contribution >= 4 is 5.91 Å². The van der Waals surface area contributed by atoms with E-state index in [2.05, 4.69) is 18.7 Å². The Morgan fingerprint density at radius 2 is 1.73 bits per heavy atom. The number of carbonyl (C=O) groups excluding carboxylic acids is 1. The first kappa shape index (κ1) is 22.0. The van der Waals surface area contributed by atoms with Crippen molar-refractivity contribution in [3.05, 3.63) is 53.6 Å². The summed E-state index contributed by atoms with van der Waals surface area (Å²) in [6.07, 6.45) is 5.85. The molecule has 0 aliphatic heterocycles. The minimum absolute atomic E-state index is 0.0791. The third kappa shape index (κ3) is 5.26. The molecule has 2 aromatic rings. The van der Waals surface area contributed by atoms with Gasteiger partial charge in [0.25, 0.3) is 5.91 Å². The maximum atomic E-state index is 13.3. The molecule has 1 amide bonds. The van der Waals surface area contributed by atoms with E-state index in [1.807, 2.05) is 42.5 Å². The lowest BCUT2D eigenvalue weighted by atomic mass is 9.92. The third-order valence-corrected chi connectivity index (χ3v) is 5.73. The molecule has 1 saturated carbocycles. The summed E-state index contributed by atoms with van der Waals surface area (Å²) in [5.74, 6) is 2.21. The molecule has 0 aromatic heterocycles. The van der Waals surface area contributed by atoms with E-state index >= 15 is 0 Å². The molecule has 30 heavy (non-hydrogen) atoms. The Balaban J connectivity index is 1.75. The first-order chi connectivity index (χ1) is 14.5. The molecule has 0 heterocycles. The van der Waals surface area contributed by atoms with Crippen LogP contribution in [0.25, 0.3) is 0 Å². The van der Waals surface area contributed by atoms with Gasteiger partial charge >= 0.3 is 0 Å². The molecule has 3 rings (SSSR count). The van der Waals surface area contributed by atoms with Gasteiger partial charge in [-0.1, -0.05) is 31.4 Å². The topological polar surface area (TPSA) is 48.0 Å². The zero-order valence-electron chi connectivity index (χ0n) is 18.5. The molecule has 5 nitrogen and oxygen atoms in total. The van der Waals surface area contributed by atoms with E-state index in [1.165, 1.54) is 19.3 Å². The Morgan fingerprint density at radius 1 is 1.00 bits per heavy atom. The van der Waals surface area contributed by atoms with E-state index in [9.17, 15) is 4.79 Å². The van der Waals surface area contributed by atoms with Gasteiger partial charge in [0, 0.05) is 29.3 Å². The summed E-state index contributed by atoms with van der Waals surface area (Å²) in [5, 5.41) is 0. The minimum atomic E-state index is 0.0791. The second kappa shape index (κ2) is 10.4. The zero-order chi connectivity index (χ0) is 21.5. The lowest BCUT2D eigenvalue weighted by molar-refractivity contribution is 0.0555. The molecular weight excluding hydrogens is 378 g/mol. The number of benzene rings is 2. The summed E-state index contributed by atoms with van der Waals surface area (Å²) >= 11 is 0. The number of rotatable bonds is 8. The molecule has 0 bridgehead atoms. The lowest BCUT2D eigenvalue weighted by Crippen LogP contribution is -2.45. The van der Waals surface area contributed by atoms with E-state index in [1.54, 1.807) is 14.2 Å². The van der Waals surface area contributed by atoms with Gasteiger partial charge in [-0.3, -0.25) is 4.79 Å². The van der Waals surface area contributed by atoms with Gasteiger partial charge in [-0.2, -0.15) is 0 Å². The van der Waals surface area contributed by atoms with Crippen molar-refractivity contribution in [2.24, 2.45) is 0 Å². The van der Waals surface area contributed by atoms with Crippen molar-refractivity contribution < 1.29 is 19.0 Å². The van der Waals surface area contributed by atoms with Crippen molar-refractivity contribution in [2.75, 3.05) is 14.2 Å². The van der Waals surface area contributed by atoms with Gasteiger partial charge in [-0.25, -0.2) is 0 Å². The van der Waals surface area contributed by atoms with Crippen molar-refractivity contribution in [2.45, 2.75) is 64.6 Å². The van der Waals surface area contributed by atoms with E-state index in [4.69, 9.17) is 14.2 Å². The van der Waals surface area contributed by atoms with Gasteiger partial charge in [0.1, 0.15) is 23.9 Å². The van der Waals surface area contributed by atoms with E-state index < -0.39 is 0 Å². The summed E-state index contributed by atoms with van der Waals surface area (Å²) in [7, 11) is 3.26. The quantitative estimate of drug-likeness (QED) is 0.578. The Bertz CT molecular complexity index is 843. The van der Waals surface area contributed by atoms with Crippen molar-refractivity contribution in [1.29, 1.82) is 0 Å². The van der Waals surface area contributed by atoms with Gasteiger partial charge in [0.05, 0.1) is 14.2 Å². The van der Waals surface area contributed by atoms with Gasteiger partial charge in [-0.15, -0.1) is 0 Å². The van der Waals surface area contributed by atoms with Gasteiger partial charge in [-0.05, 0) is 51.0 Å². The number of nitrogens with zero attached hydrogens (tertiary/aromatic N) is 1. The third-order valence-electron chi connectivity index (χ3n) is 5.73. The van der Waals surface area contributed by atoms with Gasteiger partial charge < -0.3 is 19.1 Å². The highest BCUT2D eigenvalue weighted by Gasteiger charge is 2.28. The van der Waals surface area contributed by atoms with Crippen LogP contribution in [-0.2, 0) is 6.61 Å². The van der Waals surface area contributed by atoms with Crippen LogP contribution in [-0.4, -0.2) is 37.1 Å². The average molecular weight is 412 g/mol. The largest absolute Gasteiger partial charge is 0.497 e. The Morgan fingerprint density at radius 3 is 2.40 bits per heavy atom. The van der Waals surface area contributed by atoms with Crippen LogP contribution in [0.5, 0.6) is 17.2 Å². The van der Waals surface area contributed by atoms with Crippen LogP contribution in [0.2, 0.25) is 0 Å². The van der Waals surface area contributed by atoms with Crippen LogP contribution in [0.4, 0.5) is 0 Å². The average Bonchev–Trinajstić information content (AvgIpc) is 2.78. The highest BCUT2D eigenvalue weighted by molar-refractivity contribution is 5.95. The lowest BCUT2D eigenvalue weighted by Gasteiger charge is -2.37. The summed E-state index contributed by atoms with van der Waals surface area (Å²) in [6.45, 7) is 4.54. The molecule has 0 spiro atoms. The molecule has 1 aliphatic rings. The molecule has 1 aliphatic carbocycles. The molecule has 0 unspecified atom stereocenters. The fourth-order valence-electron chi connectivity index (χ4n) is 4.18. The van der Waals surface area contributed by atoms with Crippen LogP contribution in [0, 0.1) is 0 Å². The smallest absolute Gasteiger partial charge is 0.254 e. The molecule has 0 N–H and O–H groups in total. The molecule has 1 fully saturated rings. The fourth-order valence-corrected chi connectivity index (χ4v) is 4.18. The molecule has 2 aromatic carbocycles. The zero-order valence-corrected chi connectivity index (χ0v) is 18.5. The summed E-state index contributed by atoms with van der Waals surface area (Å²) in [5.41, 5.74) is 1.56. The number of ether oxygens (including phenoxy) is 3. The minimum Gasteiger partial charge on any atom is -0.497 e. The van der Waals surface area contributed by atoms with Crippen LogP contribution in [0.15, 0.2) is 42.5 Å². The number of methoxy groups -OCH3 is 2. The van der Waals surface area contributed by atoms with E-state index in [-0.39, 0.29) is 11.9 Å². The SMILES string of the molecule is COc1cccc(OCc2ccc(C(=O)N(C(C)C)C3CCCCC3)cc2OC)c1. The van der Waals surface area contributed by atoms with E-state index in [0.717, 1.165) is 29.9 Å². The maximum absolute atomic E-state index is 13.3. The standard InChI is InChI=1S/C25H33NO4/c1-18(2)26(21-9-6-5-7-10-21)25(27)19-13-14-20(24(15-19)29-4)17-30-23-12-8-11-22(16-23)28-3/h8,11-16,18,21H,5-7,9-10,17H2,1-4H3. The second-order valence-corrected chi connectivity index (χ2v) is 8.09. The van der Waals surface area contributed by atoms with Crippen molar-refractivity contribution in [3.8, 4) is 17.2 Å². The maximum Gasteiger partial charge on any atom is 0.254 e. The number of amides is 1. The predicted molar refractivity (Wildman–Crippen MR) is 118 cm³/mol. The normalized spacial score (nSPS) is 14.4. The fraction of sp³-hybridized carbons (Fsp3) is 0.480. The van der Waals surface area contributed by atoms with Gasteiger partial charge in [0.15, 0.2) is 0 Å². The Hall–Kier alpha value is -2.69. The highest BCUT2D eigenvalue weighted by atomic mass is 16.5.